The summed E-state index contributed by atoms with van der Waals surface area (Å²) in [6.45, 7) is 8.18. The highest BCUT2D eigenvalue weighted by Gasteiger charge is 2.16. The molecule has 0 saturated carbocycles. The Bertz CT molecular complexity index is 1250. The number of benzene rings is 2. The van der Waals surface area contributed by atoms with Crippen molar-refractivity contribution in [3.63, 3.8) is 0 Å². The first-order valence-electron chi connectivity index (χ1n) is 9.67. The second kappa shape index (κ2) is 8.36. The summed E-state index contributed by atoms with van der Waals surface area (Å²) >= 11 is 7.84. The zero-order chi connectivity index (χ0) is 21.4. The van der Waals surface area contributed by atoms with Crippen LogP contribution in [-0.4, -0.2) is 19.6 Å². The van der Waals surface area contributed by atoms with Crippen LogP contribution in [0.3, 0.4) is 0 Å². The summed E-state index contributed by atoms with van der Waals surface area (Å²) in [6, 6.07) is 11.0. The Labute approximate surface area is 184 Å². The van der Waals surface area contributed by atoms with E-state index >= 15 is 0 Å². The number of thioether (sulfide) groups is 1. The zero-order valence-corrected chi connectivity index (χ0v) is 18.9. The molecule has 0 aliphatic rings. The van der Waals surface area contributed by atoms with Gasteiger partial charge in [0, 0.05) is 28.6 Å². The van der Waals surface area contributed by atoms with Crippen LogP contribution in [0.2, 0.25) is 5.02 Å². The third kappa shape index (κ3) is 4.20. The van der Waals surface area contributed by atoms with Gasteiger partial charge in [-0.3, -0.25) is 0 Å². The Kier molecular flexibility index (Phi) is 5.80. The van der Waals surface area contributed by atoms with Crippen LogP contribution >= 0.6 is 23.4 Å². The topological polar surface area (TPSA) is 43.1 Å². The predicted molar refractivity (Wildman–Crippen MR) is 120 cm³/mol. The van der Waals surface area contributed by atoms with E-state index in [1.54, 1.807) is 22.3 Å². The minimum atomic E-state index is -0.340. The third-order valence-corrected chi connectivity index (χ3v) is 6.51. The molecule has 0 N–H and O–H groups in total. The van der Waals surface area contributed by atoms with Crippen LogP contribution in [0.25, 0.3) is 5.78 Å². The Balaban J connectivity index is 1.63. The van der Waals surface area contributed by atoms with Crippen molar-refractivity contribution < 1.29 is 4.39 Å². The number of hydrogen-bond acceptors (Lipinski definition) is 4. The van der Waals surface area contributed by atoms with Crippen LogP contribution in [0.4, 0.5) is 4.39 Å². The van der Waals surface area contributed by atoms with Gasteiger partial charge in [0.2, 0.25) is 5.16 Å². The summed E-state index contributed by atoms with van der Waals surface area (Å²) in [5.74, 6) is 1.05. The van der Waals surface area contributed by atoms with Crippen LogP contribution in [0.1, 0.15) is 39.2 Å². The van der Waals surface area contributed by atoms with Crippen LogP contribution < -0.4 is 0 Å². The number of fused-ring (bicyclic) bond motifs is 1. The van der Waals surface area contributed by atoms with E-state index in [0.717, 1.165) is 28.3 Å². The van der Waals surface area contributed by atoms with Crippen molar-refractivity contribution in [2.45, 2.75) is 45.0 Å². The van der Waals surface area contributed by atoms with E-state index in [-0.39, 0.29) is 5.82 Å². The molecule has 154 valence electrons. The quantitative estimate of drug-likeness (QED) is 0.355. The van der Waals surface area contributed by atoms with Crippen LogP contribution in [0.15, 0.2) is 41.6 Å². The minimum absolute atomic E-state index is 0.340. The fourth-order valence-corrected chi connectivity index (χ4v) is 4.58. The Hall–Kier alpha value is -2.44. The number of aryl methyl sites for hydroxylation is 4. The van der Waals surface area contributed by atoms with Crippen molar-refractivity contribution >= 4 is 29.1 Å². The molecule has 0 radical (unpaired) electrons. The Morgan fingerprint density at radius 3 is 2.57 bits per heavy atom. The normalized spacial score (nSPS) is 11.4. The van der Waals surface area contributed by atoms with Gasteiger partial charge in [-0.05, 0) is 62.1 Å². The molecule has 4 rings (SSSR count). The molecule has 0 spiro atoms. The summed E-state index contributed by atoms with van der Waals surface area (Å²) in [5.41, 5.74) is 7.51. The van der Waals surface area contributed by atoms with E-state index in [2.05, 4.69) is 47.1 Å². The summed E-state index contributed by atoms with van der Waals surface area (Å²) in [4.78, 5) is 9.25. The lowest BCUT2D eigenvalue weighted by Gasteiger charge is -2.11. The monoisotopic (exact) mass is 440 g/mol. The van der Waals surface area contributed by atoms with E-state index in [1.807, 2.05) is 13.8 Å². The van der Waals surface area contributed by atoms with Crippen LogP contribution in [0.5, 0.6) is 0 Å². The van der Waals surface area contributed by atoms with Crippen molar-refractivity contribution in [3.8, 4) is 0 Å². The summed E-state index contributed by atoms with van der Waals surface area (Å²) < 4.78 is 15.2. The molecule has 4 aromatic rings. The highest BCUT2D eigenvalue weighted by molar-refractivity contribution is 7.98. The van der Waals surface area contributed by atoms with Gasteiger partial charge in [-0.2, -0.15) is 4.98 Å². The minimum Gasteiger partial charge on any atom is -0.216 e. The maximum atomic E-state index is 13.4. The number of aromatic nitrogens is 4. The van der Waals surface area contributed by atoms with Gasteiger partial charge < -0.3 is 0 Å². The second-order valence-electron chi connectivity index (χ2n) is 7.50. The van der Waals surface area contributed by atoms with Gasteiger partial charge >= 0.3 is 0 Å². The fourth-order valence-electron chi connectivity index (χ4n) is 3.46. The third-order valence-electron chi connectivity index (χ3n) is 5.27. The first-order valence-corrected chi connectivity index (χ1v) is 11.0. The molecule has 0 fully saturated rings. The average Bonchev–Trinajstić information content (AvgIpc) is 3.10. The van der Waals surface area contributed by atoms with Crippen molar-refractivity contribution in [2.75, 3.05) is 0 Å². The van der Waals surface area contributed by atoms with Gasteiger partial charge in [0.15, 0.2) is 0 Å². The largest absolute Gasteiger partial charge is 0.253 e. The Morgan fingerprint density at radius 1 is 1.00 bits per heavy atom. The molecular weight excluding hydrogens is 419 g/mol. The molecule has 2 heterocycles. The maximum absolute atomic E-state index is 13.4. The van der Waals surface area contributed by atoms with Gasteiger partial charge in [-0.1, -0.05) is 53.2 Å². The SMILES string of the molecule is Cc1ccc(C)c(CSc2nc3nc(C)c(Cc4ccc(F)cc4Cl)c(C)n3n2)c1. The highest BCUT2D eigenvalue weighted by atomic mass is 35.5. The molecule has 4 nitrogen and oxygen atoms in total. The molecular formula is C23H22ClFN4S. The second-order valence-corrected chi connectivity index (χ2v) is 8.85. The Morgan fingerprint density at radius 2 is 1.80 bits per heavy atom. The molecule has 0 unspecified atom stereocenters. The van der Waals surface area contributed by atoms with Gasteiger partial charge in [0.25, 0.3) is 5.78 Å². The summed E-state index contributed by atoms with van der Waals surface area (Å²) in [5, 5.41) is 5.78. The molecule has 0 atom stereocenters. The predicted octanol–water partition coefficient (Wildman–Crippen LogP) is 6.03. The molecule has 0 saturated heterocycles. The van der Waals surface area contributed by atoms with E-state index in [1.165, 1.54) is 28.8 Å². The lowest BCUT2D eigenvalue weighted by Crippen LogP contribution is -2.06. The van der Waals surface area contributed by atoms with Gasteiger partial charge in [0.05, 0.1) is 0 Å². The lowest BCUT2D eigenvalue weighted by atomic mass is 10.0. The lowest BCUT2D eigenvalue weighted by molar-refractivity contribution is 0.627. The van der Waals surface area contributed by atoms with E-state index in [4.69, 9.17) is 11.6 Å². The highest BCUT2D eigenvalue weighted by Crippen LogP contribution is 2.26. The van der Waals surface area contributed by atoms with Crippen molar-refractivity contribution in [1.82, 2.24) is 19.6 Å². The molecule has 0 aliphatic carbocycles. The molecule has 0 aliphatic heterocycles. The molecule has 0 amide bonds. The van der Waals surface area contributed by atoms with E-state index < -0.39 is 0 Å². The zero-order valence-electron chi connectivity index (χ0n) is 17.3. The molecule has 2 aromatic heterocycles. The number of halogens is 2. The summed E-state index contributed by atoms with van der Waals surface area (Å²) in [7, 11) is 0. The first kappa shape index (κ1) is 20.8. The van der Waals surface area contributed by atoms with Crippen molar-refractivity contribution in [3.05, 3.63) is 86.4 Å². The molecule has 2 aromatic carbocycles. The van der Waals surface area contributed by atoms with Gasteiger partial charge in [-0.15, -0.1) is 5.10 Å². The number of hydrogen-bond donors (Lipinski definition) is 0. The van der Waals surface area contributed by atoms with Crippen LogP contribution in [0, 0.1) is 33.5 Å². The molecule has 30 heavy (non-hydrogen) atoms. The van der Waals surface area contributed by atoms with E-state index in [9.17, 15) is 4.39 Å². The van der Waals surface area contributed by atoms with Gasteiger partial charge in [0.1, 0.15) is 5.82 Å². The maximum Gasteiger partial charge on any atom is 0.253 e. The van der Waals surface area contributed by atoms with Gasteiger partial charge in [-0.25, -0.2) is 13.9 Å². The molecule has 0 bridgehead atoms. The first-order chi connectivity index (χ1) is 14.3. The molecule has 7 heteroatoms. The van der Waals surface area contributed by atoms with Crippen molar-refractivity contribution in [1.29, 1.82) is 0 Å². The summed E-state index contributed by atoms with van der Waals surface area (Å²) in [6.07, 6.45) is 0.560. The number of nitrogens with zero attached hydrogens (tertiary/aromatic N) is 4. The van der Waals surface area contributed by atoms with Crippen LogP contribution in [-0.2, 0) is 12.2 Å². The number of rotatable bonds is 5. The smallest absolute Gasteiger partial charge is 0.216 e. The fraction of sp³-hybridized carbons (Fsp3) is 0.261. The van der Waals surface area contributed by atoms with Crippen molar-refractivity contribution in [2.24, 2.45) is 0 Å². The standard InChI is InChI=1S/C23H22ClFN4S/c1-13-5-6-14(2)18(9-13)12-30-23-27-22-26-15(3)20(16(4)29(22)28-23)10-17-7-8-19(25)11-21(17)24/h5-9,11H,10,12H2,1-4H3. The average molecular weight is 441 g/mol. The van der Waals surface area contributed by atoms with E-state index in [0.29, 0.717) is 22.4 Å².